The number of aromatic amines is 1. The lowest BCUT2D eigenvalue weighted by atomic mass is 10.1. The van der Waals surface area contributed by atoms with Crippen LogP contribution in [0.5, 0.6) is 0 Å². The highest BCUT2D eigenvalue weighted by Gasteiger charge is 2.24. The standard InChI is InChI=1S/C16H14N6O/c17-7-11-1-3-14(4-2-11)22-16(13-8-18-19-9-13)20-15(21-22)12-5-6-23-10-12/h1-4,8-9,12H,5-6,10H2,(H,18,19)/t12-/m0/s1. The molecule has 1 aliphatic heterocycles. The molecule has 1 atom stereocenters. The van der Waals surface area contributed by atoms with Crippen LogP contribution >= 0.6 is 0 Å². The molecule has 1 N–H and O–H groups in total. The van der Waals surface area contributed by atoms with Gasteiger partial charge in [0.25, 0.3) is 0 Å². The Morgan fingerprint density at radius 2 is 2.17 bits per heavy atom. The average Bonchev–Trinajstić information content (AvgIpc) is 3.34. The molecule has 7 heteroatoms. The molecule has 1 aromatic carbocycles. The van der Waals surface area contributed by atoms with E-state index in [1.165, 1.54) is 0 Å². The second-order valence-corrected chi connectivity index (χ2v) is 5.41. The summed E-state index contributed by atoms with van der Waals surface area (Å²) >= 11 is 0. The molecule has 2 aromatic heterocycles. The van der Waals surface area contributed by atoms with Gasteiger partial charge in [0.2, 0.25) is 0 Å². The first-order chi connectivity index (χ1) is 11.3. The summed E-state index contributed by atoms with van der Waals surface area (Å²) in [5.41, 5.74) is 2.34. The summed E-state index contributed by atoms with van der Waals surface area (Å²) in [6.07, 6.45) is 4.44. The predicted molar refractivity (Wildman–Crippen MR) is 81.8 cm³/mol. The molecule has 0 saturated carbocycles. The molecule has 7 nitrogen and oxygen atoms in total. The number of hydrogen-bond acceptors (Lipinski definition) is 5. The molecule has 0 bridgehead atoms. The fraction of sp³-hybridized carbons (Fsp3) is 0.250. The summed E-state index contributed by atoms with van der Waals surface area (Å²) in [6, 6.07) is 9.40. The third-order valence-corrected chi connectivity index (χ3v) is 3.92. The first-order valence-corrected chi connectivity index (χ1v) is 7.39. The first kappa shape index (κ1) is 13.7. The van der Waals surface area contributed by atoms with Gasteiger partial charge in [-0.1, -0.05) is 0 Å². The second kappa shape index (κ2) is 5.66. The zero-order valence-corrected chi connectivity index (χ0v) is 12.3. The van der Waals surface area contributed by atoms with E-state index in [9.17, 15) is 0 Å². The number of nitrogens with zero attached hydrogens (tertiary/aromatic N) is 5. The lowest BCUT2D eigenvalue weighted by Gasteiger charge is -2.04. The Labute approximate surface area is 132 Å². The van der Waals surface area contributed by atoms with Crippen LogP contribution in [0, 0.1) is 11.3 Å². The Kier molecular flexibility index (Phi) is 3.37. The molecule has 0 radical (unpaired) electrons. The van der Waals surface area contributed by atoms with Crippen LogP contribution in [0.1, 0.15) is 23.7 Å². The Hall–Kier alpha value is -2.98. The van der Waals surface area contributed by atoms with E-state index in [1.54, 1.807) is 29.2 Å². The van der Waals surface area contributed by atoms with Crippen molar-refractivity contribution in [1.29, 1.82) is 5.26 Å². The van der Waals surface area contributed by atoms with Crippen LogP contribution in [0.15, 0.2) is 36.7 Å². The zero-order valence-electron chi connectivity index (χ0n) is 12.3. The number of nitrogens with one attached hydrogen (secondary N) is 1. The van der Waals surface area contributed by atoms with E-state index in [1.807, 2.05) is 12.1 Å². The van der Waals surface area contributed by atoms with Gasteiger partial charge in [0.05, 0.1) is 35.7 Å². The second-order valence-electron chi connectivity index (χ2n) is 5.41. The highest BCUT2D eigenvalue weighted by atomic mass is 16.5. The van der Waals surface area contributed by atoms with Gasteiger partial charge in [0, 0.05) is 18.7 Å². The number of ether oxygens (including phenoxy) is 1. The lowest BCUT2D eigenvalue weighted by Crippen LogP contribution is -2.02. The number of aromatic nitrogens is 5. The number of H-pyrrole nitrogens is 1. The van der Waals surface area contributed by atoms with Crippen LogP contribution in [0.25, 0.3) is 17.1 Å². The molecular formula is C16H14N6O. The quantitative estimate of drug-likeness (QED) is 0.799. The predicted octanol–water partition coefficient (Wildman–Crippen LogP) is 2.03. The maximum atomic E-state index is 8.94. The van der Waals surface area contributed by atoms with E-state index in [-0.39, 0.29) is 5.92 Å². The van der Waals surface area contributed by atoms with E-state index >= 15 is 0 Å². The van der Waals surface area contributed by atoms with Gasteiger partial charge in [0.15, 0.2) is 11.6 Å². The zero-order chi connectivity index (χ0) is 15.6. The average molecular weight is 306 g/mol. The van der Waals surface area contributed by atoms with Gasteiger partial charge < -0.3 is 4.74 Å². The number of rotatable bonds is 3. The van der Waals surface area contributed by atoms with Crippen LogP contribution in [0.2, 0.25) is 0 Å². The number of benzene rings is 1. The highest BCUT2D eigenvalue weighted by molar-refractivity contribution is 5.56. The summed E-state index contributed by atoms with van der Waals surface area (Å²) in [7, 11) is 0. The Morgan fingerprint density at radius 1 is 1.30 bits per heavy atom. The van der Waals surface area contributed by atoms with Crippen molar-refractivity contribution in [2.24, 2.45) is 0 Å². The summed E-state index contributed by atoms with van der Waals surface area (Å²) < 4.78 is 7.23. The van der Waals surface area contributed by atoms with Crippen molar-refractivity contribution in [3.8, 4) is 23.1 Å². The van der Waals surface area contributed by atoms with Crippen molar-refractivity contribution in [3.05, 3.63) is 48.0 Å². The van der Waals surface area contributed by atoms with Gasteiger partial charge in [-0.25, -0.2) is 9.67 Å². The highest BCUT2D eigenvalue weighted by Crippen LogP contribution is 2.27. The Bertz CT molecular complexity index is 838. The molecule has 23 heavy (non-hydrogen) atoms. The molecule has 0 amide bonds. The topological polar surface area (TPSA) is 92.4 Å². The normalized spacial score (nSPS) is 17.3. The molecule has 3 aromatic rings. The van der Waals surface area contributed by atoms with Crippen LogP contribution in [0.4, 0.5) is 0 Å². The van der Waals surface area contributed by atoms with Gasteiger partial charge >= 0.3 is 0 Å². The van der Waals surface area contributed by atoms with Gasteiger partial charge in [-0.05, 0) is 30.7 Å². The molecule has 0 unspecified atom stereocenters. The summed E-state index contributed by atoms with van der Waals surface area (Å²) in [4.78, 5) is 4.70. The van der Waals surface area contributed by atoms with Crippen molar-refractivity contribution in [2.75, 3.05) is 13.2 Å². The maximum Gasteiger partial charge on any atom is 0.166 e. The monoisotopic (exact) mass is 306 g/mol. The fourth-order valence-corrected chi connectivity index (χ4v) is 2.66. The minimum absolute atomic E-state index is 0.222. The number of hydrogen-bond donors (Lipinski definition) is 1. The molecule has 0 aliphatic carbocycles. The third kappa shape index (κ3) is 2.49. The van der Waals surface area contributed by atoms with E-state index in [2.05, 4.69) is 21.4 Å². The van der Waals surface area contributed by atoms with E-state index < -0.39 is 0 Å². The van der Waals surface area contributed by atoms with Crippen LogP contribution in [-0.4, -0.2) is 38.2 Å². The lowest BCUT2D eigenvalue weighted by molar-refractivity contribution is 0.193. The SMILES string of the molecule is N#Cc1ccc(-n2nc([C@H]3CCOC3)nc2-c2cn[nH]c2)cc1. The number of nitriles is 1. The largest absolute Gasteiger partial charge is 0.381 e. The van der Waals surface area contributed by atoms with E-state index in [0.29, 0.717) is 12.2 Å². The third-order valence-electron chi connectivity index (χ3n) is 3.92. The van der Waals surface area contributed by atoms with Gasteiger partial charge in [-0.15, -0.1) is 0 Å². The van der Waals surface area contributed by atoms with E-state index in [4.69, 9.17) is 15.0 Å². The van der Waals surface area contributed by atoms with Crippen LogP contribution in [0.3, 0.4) is 0 Å². The summed E-state index contributed by atoms with van der Waals surface area (Å²) in [5.74, 6) is 1.73. The van der Waals surface area contributed by atoms with E-state index in [0.717, 1.165) is 35.9 Å². The molecule has 1 aliphatic rings. The smallest absolute Gasteiger partial charge is 0.166 e. The van der Waals surface area contributed by atoms with Crippen molar-refractivity contribution >= 4 is 0 Å². The molecular weight excluding hydrogens is 292 g/mol. The molecule has 1 saturated heterocycles. The van der Waals surface area contributed by atoms with Crippen molar-refractivity contribution in [3.63, 3.8) is 0 Å². The van der Waals surface area contributed by atoms with Crippen LogP contribution < -0.4 is 0 Å². The molecule has 1 fully saturated rings. The van der Waals surface area contributed by atoms with Gasteiger partial charge in [0.1, 0.15) is 0 Å². The van der Waals surface area contributed by atoms with Gasteiger partial charge in [-0.3, -0.25) is 5.10 Å². The summed E-state index contributed by atoms with van der Waals surface area (Å²) in [5, 5.41) is 20.4. The first-order valence-electron chi connectivity index (χ1n) is 7.39. The Morgan fingerprint density at radius 3 is 2.83 bits per heavy atom. The van der Waals surface area contributed by atoms with Crippen molar-refractivity contribution in [1.82, 2.24) is 25.0 Å². The summed E-state index contributed by atoms with van der Waals surface area (Å²) in [6.45, 7) is 1.40. The van der Waals surface area contributed by atoms with Crippen molar-refractivity contribution in [2.45, 2.75) is 12.3 Å². The molecule has 4 rings (SSSR count). The minimum atomic E-state index is 0.222. The molecule has 3 heterocycles. The molecule has 0 spiro atoms. The molecule has 114 valence electrons. The van der Waals surface area contributed by atoms with Crippen LogP contribution in [-0.2, 0) is 4.74 Å². The fourth-order valence-electron chi connectivity index (χ4n) is 2.66. The van der Waals surface area contributed by atoms with Gasteiger partial charge in [-0.2, -0.15) is 15.5 Å². The Balaban J connectivity index is 1.81. The minimum Gasteiger partial charge on any atom is -0.381 e. The van der Waals surface area contributed by atoms with Crippen molar-refractivity contribution < 1.29 is 4.74 Å². The maximum absolute atomic E-state index is 8.94.